The van der Waals surface area contributed by atoms with Crippen LogP contribution in [0, 0.1) is 19.7 Å². The van der Waals surface area contributed by atoms with Crippen LogP contribution in [-0.4, -0.2) is 25.7 Å². The van der Waals surface area contributed by atoms with Crippen LogP contribution in [0.2, 0.25) is 5.02 Å². The third-order valence-corrected chi connectivity index (χ3v) is 4.74. The first-order chi connectivity index (χ1) is 13.5. The summed E-state index contributed by atoms with van der Waals surface area (Å²) in [6.45, 7) is 3.57. The molecule has 0 spiro atoms. The average molecular weight is 396 g/mol. The Morgan fingerprint density at radius 3 is 2.50 bits per heavy atom. The number of amides is 1. The van der Waals surface area contributed by atoms with E-state index in [1.807, 2.05) is 6.92 Å². The highest BCUT2D eigenvalue weighted by atomic mass is 35.5. The summed E-state index contributed by atoms with van der Waals surface area (Å²) in [4.78, 5) is 12.7. The van der Waals surface area contributed by atoms with Crippen LogP contribution >= 0.6 is 11.6 Å². The second kappa shape index (κ2) is 7.01. The van der Waals surface area contributed by atoms with Gasteiger partial charge in [-0.1, -0.05) is 35.9 Å². The molecular formula is C20H15ClFN5O. The lowest BCUT2D eigenvalue weighted by Gasteiger charge is -2.09. The van der Waals surface area contributed by atoms with Crippen LogP contribution in [0.3, 0.4) is 0 Å². The van der Waals surface area contributed by atoms with Crippen molar-refractivity contribution in [2.24, 2.45) is 0 Å². The number of para-hydroxylation sites is 1. The van der Waals surface area contributed by atoms with E-state index in [0.717, 1.165) is 11.1 Å². The molecule has 6 nitrogen and oxygen atoms in total. The van der Waals surface area contributed by atoms with Crippen molar-refractivity contribution in [2.75, 3.05) is 5.32 Å². The SMILES string of the molecule is Cc1nn2c(C)c(C(=O)Nc3ccccc3Cl)nnc2c1-c1ccc(F)cc1. The number of fused-ring (bicyclic) bond motifs is 1. The van der Waals surface area contributed by atoms with E-state index >= 15 is 0 Å². The standard InChI is InChI=1S/C20H15ClFN5O/c1-11-17(13-7-9-14(22)10-8-13)19-25-24-18(12(2)27(19)26-11)20(28)23-16-6-4-3-5-15(16)21/h3-10H,1-2H3,(H,23,28). The van der Waals surface area contributed by atoms with Gasteiger partial charge in [0.2, 0.25) is 0 Å². The van der Waals surface area contributed by atoms with Crippen LogP contribution < -0.4 is 5.32 Å². The highest BCUT2D eigenvalue weighted by Gasteiger charge is 2.20. The molecule has 0 bridgehead atoms. The van der Waals surface area contributed by atoms with E-state index in [-0.39, 0.29) is 11.5 Å². The Kier molecular flexibility index (Phi) is 4.52. The van der Waals surface area contributed by atoms with Crippen LogP contribution in [0.1, 0.15) is 21.9 Å². The monoisotopic (exact) mass is 395 g/mol. The van der Waals surface area contributed by atoms with E-state index in [2.05, 4.69) is 20.6 Å². The number of nitrogens with one attached hydrogen (secondary N) is 1. The summed E-state index contributed by atoms with van der Waals surface area (Å²) in [5.74, 6) is -0.754. The summed E-state index contributed by atoms with van der Waals surface area (Å²) in [5, 5.41) is 16.0. The molecule has 2 heterocycles. The number of aryl methyl sites for hydroxylation is 2. The number of anilines is 1. The maximum atomic E-state index is 13.3. The van der Waals surface area contributed by atoms with Crippen LogP contribution in [0.4, 0.5) is 10.1 Å². The summed E-state index contributed by atoms with van der Waals surface area (Å²) < 4.78 is 14.8. The van der Waals surface area contributed by atoms with Crippen LogP contribution in [0.25, 0.3) is 16.8 Å². The van der Waals surface area contributed by atoms with E-state index < -0.39 is 5.91 Å². The summed E-state index contributed by atoms with van der Waals surface area (Å²) in [7, 11) is 0. The van der Waals surface area contributed by atoms with E-state index in [4.69, 9.17) is 11.6 Å². The Morgan fingerprint density at radius 1 is 1.07 bits per heavy atom. The van der Waals surface area contributed by atoms with Crippen molar-refractivity contribution in [3.8, 4) is 11.1 Å². The Balaban J connectivity index is 1.77. The zero-order chi connectivity index (χ0) is 19.8. The van der Waals surface area contributed by atoms with Crippen molar-refractivity contribution >= 4 is 28.8 Å². The fraction of sp³-hybridized carbons (Fsp3) is 0.100. The zero-order valence-electron chi connectivity index (χ0n) is 15.1. The minimum atomic E-state index is -0.434. The van der Waals surface area contributed by atoms with Gasteiger partial charge in [0.15, 0.2) is 11.3 Å². The minimum absolute atomic E-state index is 0.139. The van der Waals surface area contributed by atoms with E-state index in [0.29, 0.717) is 27.7 Å². The molecule has 2 aromatic carbocycles. The van der Waals surface area contributed by atoms with Crippen molar-refractivity contribution in [3.05, 3.63) is 76.5 Å². The van der Waals surface area contributed by atoms with Gasteiger partial charge in [-0.3, -0.25) is 4.79 Å². The van der Waals surface area contributed by atoms with Gasteiger partial charge in [-0.25, -0.2) is 8.91 Å². The summed E-state index contributed by atoms with van der Waals surface area (Å²) in [5.41, 5.74) is 3.87. The number of carbonyl (C=O) groups is 1. The highest BCUT2D eigenvalue weighted by molar-refractivity contribution is 6.33. The number of rotatable bonds is 3. The average Bonchev–Trinajstić information content (AvgIpc) is 3.01. The second-order valence-electron chi connectivity index (χ2n) is 6.27. The molecule has 28 heavy (non-hydrogen) atoms. The third kappa shape index (κ3) is 3.10. The fourth-order valence-corrected chi connectivity index (χ4v) is 3.20. The first kappa shape index (κ1) is 18.1. The number of nitrogens with zero attached hydrogens (tertiary/aromatic N) is 4. The number of carbonyl (C=O) groups excluding carboxylic acids is 1. The molecule has 0 atom stereocenters. The molecule has 4 rings (SSSR count). The Morgan fingerprint density at radius 2 is 1.79 bits per heavy atom. The van der Waals surface area contributed by atoms with Gasteiger partial charge in [0.1, 0.15) is 5.82 Å². The predicted molar refractivity (Wildman–Crippen MR) is 105 cm³/mol. The van der Waals surface area contributed by atoms with Crippen molar-refractivity contribution in [1.29, 1.82) is 0 Å². The third-order valence-electron chi connectivity index (χ3n) is 4.41. The molecule has 0 aliphatic rings. The molecule has 1 N–H and O–H groups in total. The summed E-state index contributed by atoms with van der Waals surface area (Å²) in [6, 6.07) is 13.0. The molecule has 0 aliphatic heterocycles. The molecule has 8 heteroatoms. The van der Waals surface area contributed by atoms with E-state index in [9.17, 15) is 9.18 Å². The van der Waals surface area contributed by atoms with Crippen LogP contribution in [-0.2, 0) is 0 Å². The number of aromatic nitrogens is 4. The number of benzene rings is 2. The molecule has 0 fully saturated rings. The lowest BCUT2D eigenvalue weighted by molar-refractivity contribution is 0.102. The Labute approximate surface area is 165 Å². The van der Waals surface area contributed by atoms with Crippen LogP contribution in [0.15, 0.2) is 48.5 Å². The molecule has 140 valence electrons. The summed E-state index contributed by atoms with van der Waals surface area (Å²) >= 11 is 6.10. The van der Waals surface area contributed by atoms with Crippen molar-refractivity contribution in [1.82, 2.24) is 19.8 Å². The second-order valence-corrected chi connectivity index (χ2v) is 6.68. The van der Waals surface area contributed by atoms with E-state index in [1.54, 1.807) is 47.8 Å². The van der Waals surface area contributed by atoms with Gasteiger partial charge < -0.3 is 5.32 Å². The van der Waals surface area contributed by atoms with Crippen molar-refractivity contribution in [2.45, 2.75) is 13.8 Å². The normalized spacial score (nSPS) is 11.0. The molecule has 0 aliphatic carbocycles. The number of halogens is 2. The summed E-state index contributed by atoms with van der Waals surface area (Å²) in [6.07, 6.45) is 0. The first-order valence-electron chi connectivity index (χ1n) is 8.50. The molecule has 2 aromatic heterocycles. The number of hydrogen-bond donors (Lipinski definition) is 1. The zero-order valence-corrected chi connectivity index (χ0v) is 15.8. The van der Waals surface area contributed by atoms with Gasteiger partial charge in [-0.2, -0.15) is 5.10 Å². The van der Waals surface area contributed by atoms with Crippen molar-refractivity contribution < 1.29 is 9.18 Å². The fourth-order valence-electron chi connectivity index (χ4n) is 3.02. The molecule has 4 aromatic rings. The highest BCUT2D eigenvalue weighted by Crippen LogP contribution is 2.28. The van der Waals surface area contributed by atoms with E-state index in [1.165, 1.54) is 12.1 Å². The smallest absolute Gasteiger partial charge is 0.278 e. The predicted octanol–water partition coefficient (Wildman–Crippen LogP) is 4.45. The van der Waals surface area contributed by atoms with Gasteiger partial charge in [0.05, 0.1) is 27.7 Å². The Hall–Kier alpha value is -3.32. The van der Waals surface area contributed by atoms with Crippen molar-refractivity contribution in [3.63, 3.8) is 0 Å². The molecule has 0 saturated carbocycles. The molecule has 0 saturated heterocycles. The maximum Gasteiger partial charge on any atom is 0.278 e. The van der Waals surface area contributed by atoms with Gasteiger partial charge >= 0.3 is 0 Å². The lowest BCUT2D eigenvalue weighted by atomic mass is 10.1. The molecule has 1 amide bonds. The molecule has 0 radical (unpaired) electrons. The largest absolute Gasteiger partial charge is 0.319 e. The van der Waals surface area contributed by atoms with Gasteiger partial charge in [0, 0.05) is 0 Å². The van der Waals surface area contributed by atoms with Gasteiger partial charge in [-0.05, 0) is 43.7 Å². The molecule has 0 unspecified atom stereocenters. The van der Waals surface area contributed by atoms with Crippen LogP contribution in [0.5, 0.6) is 0 Å². The lowest BCUT2D eigenvalue weighted by Crippen LogP contribution is -2.18. The van der Waals surface area contributed by atoms with Gasteiger partial charge in [-0.15, -0.1) is 10.2 Å². The Bertz CT molecular complexity index is 1200. The molecular weight excluding hydrogens is 381 g/mol. The minimum Gasteiger partial charge on any atom is -0.319 e. The van der Waals surface area contributed by atoms with Gasteiger partial charge in [0.25, 0.3) is 5.91 Å². The quantitative estimate of drug-likeness (QED) is 0.556. The first-order valence-corrected chi connectivity index (χ1v) is 8.88. The topological polar surface area (TPSA) is 72.2 Å². The maximum absolute atomic E-state index is 13.3. The number of hydrogen-bond acceptors (Lipinski definition) is 4.